The van der Waals surface area contributed by atoms with Crippen molar-refractivity contribution in [3.63, 3.8) is 0 Å². The van der Waals surface area contributed by atoms with Crippen molar-refractivity contribution in [2.24, 2.45) is 11.3 Å². The Morgan fingerprint density at radius 2 is 1.73 bits per heavy atom. The lowest BCUT2D eigenvalue weighted by Gasteiger charge is -2.34. The standard InChI is InChI=1S/C31H42FN3O2/c1-7-9-12-19-34(28(36)20-22(3)21-31(4,5)6)27(8-2)29-33-26-14-11-10-13-25(26)30(37)35(29)24-17-15-23(32)16-18-24/h10-11,13-18,22,27H,7-9,12,19-21H2,1-6H3. The number of unbranched alkanes of at least 4 members (excludes halogenated alkanes) is 2. The first-order valence-corrected chi connectivity index (χ1v) is 13.6. The lowest BCUT2D eigenvalue weighted by Crippen LogP contribution is -2.40. The summed E-state index contributed by atoms with van der Waals surface area (Å²) in [5.74, 6) is 0.477. The molecule has 0 bridgehead atoms. The lowest BCUT2D eigenvalue weighted by molar-refractivity contribution is -0.135. The number of amides is 1. The van der Waals surface area contributed by atoms with E-state index >= 15 is 0 Å². The molecule has 3 rings (SSSR count). The lowest BCUT2D eigenvalue weighted by atomic mass is 9.84. The number of carbonyl (C=O) groups is 1. The highest BCUT2D eigenvalue weighted by Gasteiger charge is 2.30. The molecule has 2 aromatic carbocycles. The fourth-order valence-electron chi connectivity index (χ4n) is 5.27. The van der Waals surface area contributed by atoms with Gasteiger partial charge >= 0.3 is 0 Å². The van der Waals surface area contributed by atoms with Crippen LogP contribution in [0.1, 0.15) is 91.9 Å². The summed E-state index contributed by atoms with van der Waals surface area (Å²) in [7, 11) is 0. The van der Waals surface area contributed by atoms with Crippen LogP contribution in [-0.4, -0.2) is 26.9 Å². The molecular formula is C31H42FN3O2. The van der Waals surface area contributed by atoms with E-state index in [9.17, 15) is 14.0 Å². The molecule has 1 heterocycles. The molecule has 0 aliphatic carbocycles. The Morgan fingerprint density at radius 1 is 1.05 bits per heavy atom. The highest BCUT2D eigenvalue weighted by atomic mass is 19.1. The van der Waals surface area contributed by atoms with E-state index in [4.69, 9.17) is 4.98 Å². The Morgan fingerprint density at radius 3 is 2.35 bits per heavy atom. The Balaban J connectivity index is 2.13. The number of benzene rings is 2. The summed E-state index contributed by atoms with van der Waals surface area (Å²) in [4.78, 5) is 34.5. The van der Waals surface area contributed by atoms with Crippen LogP contribution in [0.3, 0.4) is 0 Å². The molecule has 0 fully saturated rings. The largest absolute Gasteiger partial charge is 0.332 e. The first-order chi connectivity index (χ1) is 17.6. The predicted octanol–water partition coefficient (Wildman–Crippen LogP) is 7.46. The molecule has 0 N–H and O–H groups in total. The molecule has 0 radical (unpaired) electrons. The minimum atomic E-state index is -0.381. The van der Waals surface area contributed by atoms with Crippen LogP contribution in [0, 0.1) is 17.2 Å². The predicted molar refractivity (Wildman–Crippen MR) is 149 cm³/mol. The highest BCUT2D eigenvalue weighted by molar-refractivity contribution is 5.79. The van der Waals surface area contributed by atoms with E-state index in [1.165, 1.54) is 12.1 Å². The van der Waals surface area contributed by atoms with Gasteiger partial charge in [0.05, 0.1) is 22.6 Å². The number of hydrogen-bond acceptors (Lipinski definition) is 3. The van der Waals surface area contributed by atoms with E-state index in [1.54, 1.807) is 22.8 Å². The molecule has 0 aliphatic heterocycles. The van der Waals surface area contributed by atoms with Crippen molar-refractivity contribution in [2.75, 3.05) is 6.54 Å². The van der Waals surface area contributed by atoms with Crippen LogP contribution in [-0.2, 0) is 4.79 Å². The van der Waals surface area contributed by atoms with Crippen LogP contribution < -0.4 is 5.56 Å². The van der Waals surface area contributed by atoms with E-state index in [0.717, 1.165) is 25.7 Å². The van der Waals surface area contributed by atoms with E-state index < -0.39 is 0 Å². The molecule has 2 unspecified atom stereocenters. The molecule has 0 aliphatic rings. The average molecular weight is 508 g/mol. The van der Waals surface area contributed by atoms with Crippen molar-refractivity contribution in [1.82, 2.24) is 14.5 Å². The molecule has 0 saturated carbocycles. The van der Waals surface area contributed by atoms with E-state index in [1.807, 2.05) is 30.0 Å². The maximum absolute atomic E-state index is 13.8. The minimum absolute atomic E-state index is 0.0905. The third-order valence-corrected chi connectivity index (χ3v) is 6.75. The third kappa shape index (κ3) is 7.27. The Kier molecular flexibility index (Phi) is 9.63. The van der Waals surface area contributed by atoms with Crippen molar-refractivity contribution in [3.05, 3.63) is 70.5 Å². The quantitative estimate of drug-likeness (QED) is 0.253. The number of para-hydroxylation sites is 1. The fraction of sp³-hybridized carbons (Fsp3) is 0.516. The smallest absolute Gasteiger partial charge is 0.266 e. The molecule has 0 spiro atoms. The Labute approximate surface area is 220 Å². The molecule has 3 aromatic rings. The fourth-order valence-corrected chi connectivity index (χ4v) is 5.27. The first-order valence-electron chi connectivity index (χ1n) is 13.6. The van der Waals surface area contributed by atoms with E-state index in [-0.39, 0.29) is 34.7 Å². The van der Waals surface area contributed by atoms with Crippen molar-refractivity contribution in [3.8, 4) is 5.69 Å². The van der Waals surface area contributed by atoms with Crippen molar-refractivity contribution in [1.29, 1.82) is 0 Å². The van der Waals surface area contributed by atoms with Gasteiger partial charge in [0.15, 0.2) is 0 Å². The number of halogens is 1. The van der Waals surface area contributed by atoms with Crippen LogP contribution in [0.4, 0.5) is 4.39 Å². The summed E-state index contributed by atoms with van der Waals surface area (Å²) in [6.45, 7) is 13.5. The van der Waals surface area contributed by atoms with Crippen LogP contribution >= 0.6 is 0 Å². The van der Waals surface area contributed by atoms with E-state index in [2.05, 4.69) is 34.6 Å². The molecule has 37 heavy (non-hydrogen) atoms. The normalized spacial score (nSPS) is 13.5. The topological polar surface area (TPSA) is 55.2 Å². The van der Waals surface area contributed by atoms with Crippen LogP contribution in [0.25, 0.3) is 16.6 Å². The third-order valence-electron chi connectivity index (χ3n) is 6.75. The Bertz CT molecular complexity index is 1240. The zero-order valence-electron chi connectivity index (χ0n) is 23.3. The number of aromatic nitrogens is 2. The van der Waals surface area contributed by atoms with Gasteiger partial charge in [0.2, 0.25) is 5.91 Å². The summed E-state index contributed by atoms with van der Waals surface area (Å²) >= 11 is 0. The Hall–Kier alpha value is -3.02. The highest BCUT2D eigenvalue weighted by Crippen LogP contribution is 2.30. The second-order valence-corrected chi connectivity index (χ2v) is 11.4. The summed E-state index contributed by atoms with van der Waals surface area (Å²) in [6.07, 6.45) is 4.97. The zero-order valence-corrected chi connectivity index (χ0v) is 23.3. The first kappa shape index (κ1) is 28.5. The number of rotatable bonds is 11. The molecule has 5 nitrogen and oxygen atoms in total. The SMILES string of the molecule is CCCCCN(C(=O)CC(C)CC(C)(C)C)C(CC)c1nc2ccccc2c(=O)n1-c1ccc(F)cc1. The summed E-state index contributed by atoms with van der Waals surface area (Å²) < 4.78 is 15.3. The van der Waals surface area contributed by atoms with Gasteiger partial charge in [-0.15, -0.1) is 0 Å². The van der Waals surface area contributed by atoms with Gasteiger partial charge in [0, 0.05) is 13.0 Å². The zero-order chi connectivity index (χ0) is 27.2. The van der Waals surface area contributed by atoms with Gasteiger partial charge in [0.25, 0.3) is 5.56 Å². The van der Waals surface area contributed by atoms with Gasteiger partial charge in [-0.3, -0.25) is 14.2 Å². The maximum atomic E-state index is 13.8. The molecule has 1 amide bonds. The number of hydrogen-bond donors (Lipinski definition) is 0. The second kappa shape index (κ2) is 12.5. The van der Waals surface area contributed by atoms with Gasteiger partial charge in [-0.1, -0.05) is 66.5 Å². The van der Waals surface area contributed by atoms with Crippen molar-refractivity contribution in [2.45, 2.75) is 86.1 Å². The minimum Gasteiger partial charge on any atom is -0.332 e. The number of fused-ring (bicyclic) bond motifs is 1. The monoisotopic (exact) mass is 507 g/mol. The van der Waals surface area contributed by atoms with Crippen LogP contribution in [0.2, 0.25) is 0 Å². The van der Waals surface area contributed by atoms with Gasteiger partial charge in [-0.25, -0.2) is 9.37 Å². The van der Waals surface area contributed by atoms with Crippen LogP contribution in [0.15, 0.2) is 53.3 Å². The molecule has 1 aromatic heterocycles. The van der Waals surface area contributed by atoms with E-state index in [0.29, 0.717) is 41.8 Å². The molecular weight excluding hydrogens is 465 g/mol. The maximum Gasteiger partial charge on any atom is 0.266 e. The van der Waals surface area contributed by atoms with Gasteiger partial charge in [-0.2, -0.15) is 0 Å². The van der Waals surface area contributed by atoms with Gasteiger partial charge in [-0.05, 0) is 67.0 Å². The van der Waals surface area contributed by atoms with Gasteiger partial charge in [0.1, 0.15) is 11.6 Å². The summed E-state index contributed by atoms with van der Waals surface area (Å²) in [5.41, 5.74) is 1.06. The second-order valence-electron chi connectivity index (χ2n) is 11.4. The van der Waals surface area contributed by atoms with Gasteiger partial charge < -0.3 is 4.90 Å². The number of carbonyl (C=O) groups excluding carboxylic acids is 1. The average Bonchev–Trinajstić information content (AvgIpc) is 2.83. The molecule has 200 valence electrons. The molecule has 2 atom stereocenters. The summed E-state index contributed by atoms with van der Waals surface area (Å²) in [5, 5.41) is 0.494. The molecule has 0 saturated heterocycles. The van der Waals surface area contributed by atoms with Crippen molar-refractivity contribution >= 4 is 16.8 Å². The van der Waals surface area contributed by atoms with Crippen LogP contribution in [0.5, 0.6) is 0 Å². The molecule has 6 heteroatoms. The number of nitrogens with zero attached hydrogens (tertiary/aromatic N) is 3. The van der Waals surface area contributed by atoms with Crippen molar-refractivity contribution < 1.29 is 9.18 Å². The summed E-state index contributed by atoms with van der Waals surface area (Å²) in [6, 6.07) is 12.8.